The smallest absolute Gasteiger partial charge is 0.343 e. The van der Waals surface area contributed by atoms with Crippen LogP contribution in [0.15, 0.2) is 23.9 Å². The molecule has 0 aromatic heterocycles. The molecule has 0 spiro atoms. The minimum Gasteiger partial charge on any atom is -0.462 e. The number of halogens is 3. The Hall–Kier alpha value is -1.51. The van der Waals surface area contributed by atoms with E-state index in [-0.39, 0.29) is 12.2 Å². The molecule has 0 saturated heterocycles. The van der Waals surface area contributed by atoms with Gasteiger partial charge >= 0.3 is 5.97 Å². The number of ether oxygens (including phenoxy) is 1. The monoisotopic (exact) mass is 423 g/mol. The molecule has 0 heterocycles. The lowest BCUT2D eigenvalue weighted by Crippen LogP contribution is -2.21. The summed E-state index contributed by atoms with van der Waals surface area (Å²) in [6.07, 6.45) is 1.95. The highest BCUT2D eigenvalue weighted by molar-refractivity contribution is 14.1. The maximum Gasteiger partial charge on any atom is 0.343 e. The second-order valence-corrected chi connectivity index (χ2v) is 5.56. The predicted molar refractivity (Wildman–Crippen MR) is 86.4 cm³/mol. The number of hydrogen-bond acceptors (Lipinski definition) is 4. The minimum atomic E-state index is -1.28. The van der Waals surface area contributed by atoms with Crippen molar-refractivity contribution in [3.63, 3.8) is 0 Å². The average Bonchev–Trinajstić information content (AvgIpc) is 2.47. The van der Waals surface area contributed by atoms with E-state index in [0.717, 1.165) is 12.5 Å². The van der Waals surface area contributed by atoms with Crippen LogP contribution in [-0.4, -0.2) is 24.9 Å². The first-order chi connectivity index (χ1) is 10.4. The van der Waals surface area contributed by atoms with E-state index in [1.807, 2.05) is 6.92 Å². The summed E-state index contributed by atoms with van der Waals surface area (Å²) in [6.45, 7) is 4.09. The average molecular weight is 423 g/mol. The fourth-order valence-electron chi connectivity index (χ4n) is 1.61. The third-order valence-electron chi connectivity index (χ3n) is 2.62. The van der Waals surface area contributed by atoms with Crippen molar-refractivity contribution in [1.82, 2.24) is 5.32 Å². The number of nitrogens with one attached hydrogen (secondary N) is 1. The highest BCUT2D eigenvalue weighted by Gasteiger charge is 2.25. The van der Waals surface area contributed by atoms with Crippen LogP contribution in [0.4, 0.5) is 8.78 Å². The Morgan fingerprint density at radius 1 is 1.32 bits per heavy atom. The van der Waals surface area contributed by atoms with E-state index in [1.54, 1.807) is 29.5 Å². The SMILES string of the molecule is CCCNC=C(C(=O)OCC)C(=O)c1cc(I)cc(F)c1F. The third kappa shape index (κ3) is 4.75. The maximum absolute atomic E-state index is 13.8. The van der Waals surface area contributed by atoms with Gasteiger partial charge in [-0.25, -0.2) is 13.6 Å². The fraction of sp³-hybridized carbons (Fsp3) is 0.333. The van der Waals surface area contributed by atoms with Crippen LogP contribution in [0.25, 0.3) is 0 Å². The molecule has 0 fully saturated rings. The van der Waals surface area contributed by atoms with Crippen LogP contribution in [-0.2, 0) is 9.53 Å². The van der Waals surface area contributed by atoms with Crippen LogP contribution in [0.2, 0.25) is 0 Å². The number of Topliss-reactive ketones (excluding diaryl/α,β-unsaturated/α-hetero) is 1. The van der Waals surface area contributed by atoms with E-state index < -0.39 is 29.0 Å². The van der Waals surface area contributed by atoms with E-state index in [2.05, 4.69) is 5.32 Å². The lowest BCUT2D eigenvalue weighted by atomic mass is 10.0. The zero-order valence-corrected chi connectivity index (χ0v) is 14.4. The summed E-state index contributed by atoms with van der Waals surface area (Å²) in [7, 11) is 0. The number of carbonyl (C=O) groups is 2. The highest BCUT2D eigenvalue weighted by atomic mass is 127. The molecule has 0 aliphatic carbocycles. The van der Waals surface area contributed by atoms with E-state index in [1.165, 1.54) is 12.3 Å². The molecule has 120 valence electrons. The minimum absolute atomic E-state index is 0.0698. The van der Waals surface area contributed by atoms with Crippen molar-refractivity contribution in [1.29, 1.82) is 0 Å². The van der Waals surface area contributed by atoms with Crippen molar-refractivity contribution in [2.45, 2.75) is 20.3 Å². The molecule has 0 bridgehead atoms. The van der Waals surface area contributed by atoms with Gasteiger partial charge in [0.25, 0.3) is 0 Å². The third-order valence-corrected chi connectivity index (χ3v) is 3.24. The summed E-state index contributed by atoms with van der Waals surface area (Å²) in [5.74, 6) is -4.22. The van der Waals surface area contributed by atoms with Crippen LogP contribution in [0.1, 0.15) is 30.6 Å². The van der Waals surface area contributed by atoms with Crippen molar-refractivity contribution in [2.75, 3.05) is 13.2 Å². The van der Waals surface area contributed by atoms with Crippen molar-refractivity contribution < 1.29 is 23.1 Å². The second kappa shape index (κ2) is 8.82. The first kappa shape index (κ1) is 18.5. The first-order valence-corrected chi connectivity index (χ1v) is 7.80. The molecule has 0 radical (unpaired) electrons. The molecule has 0 unspecified atom stereocenters. The van der Waals surface area contributed by atoms with Gasteiger partial charge in [-0.15, -0.1) is 0 Å². The van der Waals surface area contributed by atoms with Crippen LogP contribution in [0.3, 0.4) is 0 Å². The molecule has 7 heteroatoms. The van der Waals surface area contributed by atoms with Crippen molar-refractivity contribution in [2.24, 2.45) is 0 Å². The molecular formula is C15H16F2INO3. The number of rotatable bonds is 7. The summed E-state index contributed by atoms with van der Waals surface area (Å²) in [5.41, 5.74) is -0.863. The van der Waals surface area contributed by atoms with Gasteiger partial charge in [0.05, 0.1) is 12.2 Å². The van der Waals surface area contributed by atoms with Crippen molar-refractivity contribution in [3.8, 4) is 0 Å². The Bertz CT molecular complexity index is 603. The maximum atomic E-state index is 13.8. The molecule has 1 rings (SSSR count). The molecule has 0 aliphatic rings. The Morgan fingerprint density at radius 3 is 2.59 bits per heavy atom. The van der Waals surface area contributed by atoms with Gasteiger partial charge in [0.1, 0.15) is 5.57 Å². The van der Waals surface area contributed by atoms with Gasteiger partial charge < -0.3 is 10.1 Å². The quantitative estimate of drug-likeness (QED) is 0.107. The molecule has 0 aliphatic heterocycles. The molecule has 0 amide bonds. The summed E-state index contributed by atoms with van der Waals surface area (Å²) in [5, 5.41) is 2.77. The van der Waals surface area contributed by atoms with Gasteiger partial charge in [-0.2, -0.15) is 0 Å². The van der Waals surface area contributed by atoms with E-state index in [0.29, 0.717) is 10.1 Å². The number of hydrogen-bond donors (Lipinski definition) is 1. The summed E-state index contributed by atoms with van der Waals surface area (Å²) < 4.78 is 32.4. The largest absolute Gasteiger partial charge is 0.462 e. The zero-order valence-electron chi connectivity index (χ0n) is 12.2. The summed E-state index contributed by atoms with van der Waals surface area (Å²) >= 11 is 1.76. The molecule has 0 saturated carbocycles. The fourth-order valence-corrected chi connectivity index (χ4v) is 2.20. The molecule has 1 N–H and O–H groups in total. The number of benzene rings is 1. The summed E-state index contributed by atoms with van der Waals surface area (Å²) in [6, 6.07) is 2.16. The van der Waals surface area contributed by atoms with Gasteiger partial charge in [-0.05, 0) is 48.1 Å². The van der Waals surface area contributed by atoms with Gasteiger partial charge in [0.15, 0.2) is 11.6 Å². The topological polar surface area (TPSA) is 55.4 Å². The predicted octanol–water partition coefficient (Wildman–Crippen LogP) is 3.20. The van der Waals surface area contributed by atoms with E-state index >= 15 is 0 Å². The number of ketones is 1. The Balaban J connectivity index is 3.22. The first-order valence-electron chi connectivity index (χ1n) is 6.72. The normalized spacial score (nSPS) is 11.2. The van der Waals surface area contributed by atoms with Gasteiger partial charge in [-0.1, -0.05) is 6.92 Å². The van der Waals surface area contributed by atoms with E-state index in [9.17, 15) is 18.4 Å². The molecule has 1 aromatic carbocycles. The van der Waals surface area contributed by atoms with Crippen molar-refractivity contribution >= 4 is 34.3 Å². The Morgan fingerprint density at radius 2 is 2.00 bits per heavy atom. The van der Waals surface area contributed by atoms with E-state index in [4.69, 9.17) is 4.74 Å². The Kier molecular flexibility index (Phi) is 7.43. The lowest BCUT2D eigenvalue weighted by Gasteiger charge is -2.09. The van der Waals surface area contributed by atoms with Gasteiger partial charge in [0, 0.05) is 16.3 Å². The van der Waals surface area contributed by atoms with Gasteiger partial charge in [-0.3, -0.25) is 4.79 Å². The highest BCUT2D eigenvalue weighted by Crippen LogP contribution is 2.20. The molecular weight excluding hydrogens is 407 g/mol. The molecule has 0 atom stereocenters. The van der Waals surface area contributed by atoms with Gasteiger partial charge in [0.2, 0.25) is 5.78 Å². The lowest BCUT2D eigenvalue weighted by molar-refractivity contribution is -0.138. The molecule has 4 nitrogen and oxygen atoms in total. The second-order valence-electron chi connectivity index (χ2n) is 4.31. The van der Waals surface area contributed by atoms with Crippen molar-refractivity contribution in [3.05, 3.63) is 44.7 Å². The summed E-state index contributed by atoms with van der Waals surface area (Å²) in [4.78, 5) is 24.2. The van der Waals surface area contributed by atoms with Crippen LogP contribution >= 0.6 is 22.6 Å². The molecule has 22 heavy (non-hydrogen) atoms. The standard InChI is InChI=1S/C15H16F2INO3/c1-3-5-19-8-11(15(21)22-4-2)14(20)10-6-9(18)7-12(16)13(10)17/h6-8,19H,3-5H2,1-2H3. The number of carbonyl (C=O) groups excluding carboxylic acids is 2. The van der Waals surface area contributed by atoms with Crippen LogP contribution < -0.4 is 5.32 Å². The van der Waals surface area contributed by atoms with Crippen LogP contribution in [0.5, 0.6) is 0 Å². The number of esters is 1. The molecule has 1 aromatic rings. The Labute approximate surface area is 141 Å². The zero-order chi connectivity index (χ0) is 16.7. The van der Waals surface area contributed by atoms with Crippen LogP contribution in [0, 0.1) is 15.2 Å².